The van der Waals surface area contributed by atoms with Crippen molar-refractivity contribution >= 4 is 38.3 Å². The van der Waals surface area contributed by atoms with Crippen LogP contribution in [0, 0.1) is 5.82 Å². The summed E-state index contributed by atoms with van der Waals surface area (Å²) in [6.45, 7) is 3.11. The van der Waals surface area contributed by atoms with Crippen LogP contribution in [0.25, 0.3) is 22.2 Å². The largest absolute Gasteiger partial charge is 0.489 e. The second-order valence-electron chi connectivity index (χ2n) is 10.9. The van der Waals surface area contributed by atoms with E-state index >= 15 is 0 Å². The Morgan fingerprint density at radius 3 is 2.57 bits per heavy atom. The molecule has 0 radical (unpaired) electrons. The van der Waals surface area contributed by atoms with E-state index in [1.165, 1.54) is 43.5 Å². The van der Waals surface area contributed by atoms with Gasteiger partial charge in [-0.05, 0) is 68.8 Å². The lowest BCUT2D eigenvalue weighted by atomic mass is 9.81. The topological polar surface area (TPSA) is 162 Å². The molecule has 3 heterocycles. The van der Waals surface area contributed by atoms with Crippen LogP contribution in [0.4, 0.5) is 10.1 Å². The number of rotatable bonds is 9. The zero-order valence-electron chi connectivity index (χ0n) is 23.1. The maximum absolute atomic E-state index is 13.7. The first-order chi connectivity index (χ1) is 19.7. The fourth-order valence-corrected chi connectivity index (χ4v) is 5.48. The van der Waals surface area contributed by atoms with Crippen LogP contribution >= 0.6 is 0 Å². The molecule has 5 rings (SSSR count). The Balaban J connectivity index is 1.49. The molecule has 10 nitrogen and oxygen atoms in total. The highest BCUT2D eigenvalue weighted by molar-refractivity contribution is 7.92. The van der Waals surface area contributed by atoms with Gasteiger partial charge in [0, 0.05) is 34.7 Å². The molecule has 218 valence electrons. The molecule has 0 unspecified atom stereocenters. The number of aromatic nitrogens is 2. The summed E-state index contributed by atoms with van der Waals surface area (Å²) in [5.41, 5.74) is 5.09. The number of primary amides is 1. The van der Waals surface area contributed by atoms with Crippen LogP contribution in [0.3, 0.4) is 0 Å². The van der Waals surface area contributed by atoms with Crippen LogP contribution in [0.1, 0.15) is 48.3 Å². The first kappa shape index (κ1) is 29.1. The molecule has 0 saturated heterocycles. The first-order valence-corrected chi connectivity index (χ1v) is 14.9. The van der Waals surface area contributed by atoms with Crippen LogP contribution in [-0.2, 0) is 25.8 Å². The molecule has 4 N–H and O–H groups in total. The number of anilines is 1. The number of nitrogens with two attached hydrogens (primary N) is 1. The Morgan fingerprint density at radius 2 is 1.90 bits per heavy atom. The molecule has 42 heavy (non-hydrogen) atoms. The van der Waals surface area contributed by atoms with E-state index in [-0.39, 0.29) is 42.2 Å². The fourth-order valence-electron chi connectivity index (χ4n) is 4.93. The van der Waals surface area contributed by atoms with Crippen LogP contribution in [0.5, 0.6) is 5.75 Å². The number of carbonyl (C=O) groups excluding carboxylic acids is 2. The van der Waals surface area contributed by atoms with Crippen molar-refractivity contribution in [1.82, 2.24) is 9.97 Å². The number of sulfonamides is 1. The number of carbonyl (C=O) groups is 2. The van der Waals surface area contributed by atoms with E-state index in [2.05, 4.69) is 14.7 Å². The predicted molar refractivity (Wildman–Crippen MR) is 155 cm³/mol. The van der Waals surface area contributed by atoms with Crippen LogP contribution in [-0.4, -0.2) is 48.0 Å². The van der Waals surface area contributed by atoms with Gasteiger partial charge in [0.25, 0.3) is 0 Å². The summed E-state index contributed by atoms with van der Waals surface area (Å²) in [5, 5.41) is 12.1. The smallest absolute Gasteiger partial charge is 0.231 e. The minimum atomic E-state index is -3.65. The van der Waals surface area contributed by atoms with Crippen molar-refractivity contribution in [3.63, 3.8) is 0 Å². The van der Waals surface area contributed by atoms with Gasteiger partial charge in [0.1, 0.15) is 34.9 Å². The molecular formula is C30H29FN4O6S. The summed E-state index contributed by atoms with van der Waals surface area (Å²) >= 11 is 0. The van der Waals surface area contributed by atoms with E-state index in [0.717, 1.165) is 6.26 Å². The zero-order valence-corrected chi connectivity index (χ0v) is 24.0. The van der Waals surface area contributed by atoms with Gasteiger partial charge in [-0.15, -0.1) is 0 Å². The van der Waals surface area contributed by atoms with E-state index < -0.39 is 32.8 Å². The van der Waals surface area contributed by atoms with Gasteiger partial charge >= 0.3 is 0 Å². The lowest BCUT2D eigenvalue weighted by Gasteiger charge is -2.26. The number of benzene rings is 2. The van der Waals surface area contributed by atoms with E-state index in [0.29, 0.717) is 33.5 Å². The predicted octanol–water partition coefficient (Wildman–Crippen LogP) is 3.81. The second-order valence-corrected chi connectivity index (χ2v) is 12.6. The maximum atomic E-state index is 13.7. The van der Waals surface area contributed by atoms with Gasteiger partial charge in [-0.1, -0.05) is 6.07 Å². The molecular weight excluding hydrogens is 563 g/mol. The van der Waals surface area contributed by atoms with E-state index in [1.807, 2.05) is 0 Å². The summed E-state index contributed by atoms with van der Waals surface area (Å²) in [4.78, 5) is 34.6. The highest BCUT2D eigenvalue weighted by Crippen LogP contribution is 2.46. The number of amides is 1. The number of aliphatic hydroxyl groups is 1. The van der Waals surface area contributed by atoms with Crippen molar-refractivity contribution in [2.45, 2.75) is 37.7 Å². The van der Waals surface area contributed by atoms with Crippen molar-refractivity contribution in [2.24, 2.45) is 5.73 Å². The average molecular weight is 593 g/mol. The molecule has 1 amide bonds. The van der Waals surface area contributed by atoms with Gasteiger partial charge in [-0.3, -0.25) is 19.3 Å². The maximum Gasteiger partial charge on any atom is 0.231 e. The fraction of sp³-hybridized carbons (Fsp3) is 0.267. The van der Waals surface area contributed by atoms with Crippen LogP contribution in [0.2, 0.25) is 0 Å². The van der Waals surface area contributed by atoms with Crippen LogP contribution < -0.4 is 15.2 Å². The van der Waals surface area contributed by atoms with Crippen LogP contribution in [0.15, 0.2) is 60.8 Å². The number of nitrogens with one attached hydrogen (secondary N) is 1. The van der Waals surface area contributed by atoms with Gasteiger partial charge in [-0.25, -0.2) is 17.8 Å². The van der Waals surface area contributed by atoms with Gasteiger partial charge in [-0.2, -0.15) is 0 Å². The highest BCUT2D eigenvalue weighted by atomic mass is 32.2. The lowest BCUT2D eigenvalue weighted by molar-refractivity contribution is -0.123. The summed E-state index contributed by atoms with van der Waals surface area (Å²) in [6.07, 6.45) is 2.35. The third kappa shape index (κ3) is 5.55. The molecule has 2 atom stereocenters. The number of hydrogen-bond acceptors (Lipinski definition) is 8. The minimum Gasteiger partial charge on any atom is -0.489 e. The lowest BCUT2D eigenvalue weighted by Crippen LogP contribution is -2.40. The Labute approximate surface area is 241 Å². The molecule has 0 fully saturated rings. The number of pyridine rings is 2. The molecule has 1 aliphatic heterocycles. The number of ketones is 1. The molecule has 0 bridgehead atoms. The number of halogens is 1. The summed E-state index contributed by atoms with van der Waals surface area (Å²) < 4.78 is 45.8. The normalized spacial score (nSPS) is 17.7. The Morgan fingerprint density at radius 1 is 1.19 bits per heavy atom. The highest BCUT2D eigenvalue weighted by Gasteiger charge is 2.45. The van der Waals surface area contributed by atoms with Gasteiger partial charge in [0.2, 0.25) is 15.9 Å². The summed E-state index contributed by atoms with van der Waals surface area (Å²) in [5.74, 6) is -1.10. The molecule has 2 aromatic carbocycles. The van der Waals surface area contributed by atoms with E-state index in [9.17, 15) is 27.5 Å². The van der Waals surface area contributed by atoms with E-state index in [4.69, 9.17) is 10.5 Å². The number of ether oxygens (including phenoxy) is 1. The number of fused-ring (bicyclic) bond motifs is 2. The minimum absolute atomic E-state index is 0.0295. The molecule has 2 aromatic heterocycles. The van der Waals surface area contributed by atoms with Crippen molar-refractivity contribution in [3.8, 4) is 17.0 Å². The van der Waals surface area contributed by atoms with Gasteiger partial charge < -0.3 is 15.6 Å². The number of Topliss-reactive ketones (excluding diaryl/α,β-unsaturated/α-hetero) is 1. The van der Waals surface area contributed by atoms with Gasteiger partial charge in [0.05, 0.1) is 23.2 Å². The molecule has 12 heteroatoms. The van der Waals surface area contributed by atoms with Crippen molar-refractivity contribution < 1.29 is 32.2 Å². The second kappa shape index (κ2) is 10.4. The number of hydrogen-bond donors (Lipinski definition) is 3. The Hall–Kier alpha value is -4.42. The quantitative estimate of drug-likeness (QED) is 0.247. The number of nitrogens with zero attached hydrogens (tertiary/aromatic N) is 2. The molecule has 1 aliphatic rings. The van der Waals surface area contributed by atoms with Crippen molar-refractivity contribution in [1.29, 1.82) is 0 Å². The monoisotopic (exact) mass is 592 g/mol. The first-order valence-electron chi connectivity index (χ1n) is 13.0. The Bertz CT molecular complexity index is 1840. The third-order valence-corrected chi connectivity index (χ3v) is 8.04. The molecule has 0 spiro atoms. The molecule has 4 aromatic rings. The van der Waals surface area contributed by atoms with E-state index in [1.54, 1.807) is 31.2 Å². The van der Waals surface area contributed by atoms with Gasteiger partial charge in [0.15, 0.2) is 5.78 Å². The van der Waals surface area contributed by atoms with Crippen molar-refractivity contribution in [2.75, 3.05) is 17.6 Å². The van der Waals surface area contributed by atoms with Crippen molar-refractivity contribution in [3.05, 3.63) is 83.4 Å². The Kier molecular flexibility index (Phi) is 7.23. The standard InChI is InChI=1S/C30H29FN4O6S/c1-29(28(32)37)16-41-27-21(29)15-24(34-26(27)17-6-8-20(31)9-7-17)30(2,38)11-10-23(36)19-13-18-5-4-12-33-25(18)22(14-19)35-42(3,39)40/h4-9,12-15,35,38H,10-11,16H2,1-3H3,(H2,32,37)/t29-,30-/m0/s1. The third-order valence-electron chi connectivity index (χ3n) is 7.45. The zero-order chi connectivity index (χ0) is 30.4. The summed E-state index contributed by atoms with van der Waals surface area (Å²) in [6, 6.07) is 13.5. The summed E-state index contributed by atoms with van der Waals surface area (Å²) in [7, 11) is -3.65. The molecule has 0 aliphatic carbocycles. The average Bonchev–Trinajstić information content (AvgIpc) is 3.29. The SMILES string of the molecule is C[C@](O)(CCC(=O)c1cc(NS(C)(=O)=O)c2ncccc2c1)c1cc2c(c(-c3ccc(F)cc3)n1)OC[C@]2(C)C(N)=O. The molecule has 0 saturated carbocycles.